The maximum Gasteiger partial charge on any atom is 0.257 e. The lowest BCUT2D eigenvalue weighted by Crippen LogP contribution is -2.25. The Morgan fingerprint density at radius 2 is 1.79 bits per heavy atom. The molecule has 1 heterocycles. The summed E-state index contributed by atoms with van der Waals surface area (Å²) < 4.78 is 0.788. The molecule has 5 nitrogen and oxygen atoms in total. The van der Waals surface area contributed by atoms with E-state index in [0.717, 1.165) is 23.7 Å². The Hall–Kier alpha value is -2.21. The number of carbonyl (C=O) groups is 2. The number of anilines is 1. The summed E-state index contributed by atoms with van der Waals surface area (Å²) in [6, 6.07) is 8.88. The Morgan fingerprint density at radius 1 is 1.08 bits per heavy atom. The van der Waals surface area contributed by atoms with Crippen molar-refractivity contribution in [1.29, 1.82) is 0 Å². The lowest BCUT2D eigenvalue weighted by Gasteiger charge is -2.08. The minimum absolute atomic E-state index is 0.214. The van der Waals surface area contributed by atoms with E-state index in [1.54, 1.807) is 12.1 Å². The molecular formula is C18H20BrN3O2. The van der Waals surface area contributed by atoms with E-state index in [4.69, 9.17) is 0 Å². The van der Waals surface area contributed by atoms with E-state index in [1.165, 1.54) is 12.4 Å². The largest absolute Gasteiger partial charge is 0.352 e. The molecule has 126 valence electrons. The number of nitrogens with zero attached hydrogens (tertiary/aromatic N) is 1. The van der Waals surface area contributed by atoms with Gasteiger partial charge in [-0.3, -0.25) is 14.6 Å². The number of amides is 2. The zero-order chi connectivity index (χ0) is 17.4. The van der Waals surface area contributed by atoms with Crippen molar-refractivity contribution in [2.45, 2.75) is 26.2 Å². The van der Waals surface area contributed by atoms with Crippen LogP contribution < -0.4 is 10.6 Å². The van der Waals surface area contributed by atoms with Gasteiger partial charge in [0.2, 0.25) is 0 Å². The number of unbranched alkanes of at least 4 members (excludes halogenated alkanes) is 2. The van der Waals surface area contributed by atoms with E-state index in [-0.39, 0.29) is 11.8 Å². The van der Waals surface area contributed by atoms with E-state index >= 15 is 0 Å². The number of hydrogen-bond donors (Lipinski definition) is 2. The van der Waals surface area contributed by atoms with Gasteiger partial charge in [0, 0.05) is 23.4 Å². The average molecular weight is 390 g/mol. The third kappa shape index (κ3) is 5.16. The summed E-state index contributed by atoms with van der Waals surface area (Å²) >= 11 is 3.38. The van der Waals surface area contributed by atoms with Gasteiger partial charge < -0.3 is 10.6 Å². The van der Waals surface area contributed by atoms with Crippen LogP contribution in [-0.2, 0) is 0 Å². The minimum Gasteiger partial charge on any atom is -0.352 e. The smallest absolute Gasteiger partial charge is 0.257 e. The molecule has 0 fully saturated rings. The summed E-state index contributed by atoms with van der Waals surface area (Å²) in [6.07, 6.45) is 6.03. The Morgan fingerprint density at radius 3 is 2.50 bits per heavy atom. The Labute approximate surface area is 150 Å². The molecule has 0 saturated heterocycles. The van der Waals surface area contributed by atoms with Gasteiger partial charge >= 0.3 is 0 Å². The Kier molecular flexibility index (Phi) is 6.93. The predicted octanol–water partition coefficient (Wildman–Crippen LogP) is 4.02. The topological polar surface area (TPSA) is 71.1 Å². The van der Waals surface area contributed by atoms with Crippen LogP contribution in [0.1, 0.15) is 46.9 Å². The molecule has 1 aromatic carbocycles. The fourth-order valence-electron chi connectivity index (χ4n) is 2.12. The Bertz CT molecular complexity index is 719. The van der Waals surface area contributed by atoms with Crippen LogP contribution >= 0.6 is 15.9 Å². The van der Waals surface area contributed by atoms with Crippen LogP contribution in [0.3, 0.4) is 0 Å². The molecular weight excluding hydrogens is 370 g/mol. The molecule has 2 amide bonds. The summed E-state index contributed by atoms with van der Waals surface area (Å²) in [4.78, 5) is 28.4. The SMILES string of the molecule is CCCCCNC(=O)c1cncc(C(=O)Nc2ccccc2Br)c1. The van der Waals surface area contributed by atoms with Gasteiger partial charge in [-0.05, 0) is 40.5 Å². The van der Waals surface area contributed by atoms with Gasteiger partial charge in [-0.1, -0.05) is 31.9 Å². The van der Waals surface area contributed by atoms with E-state index in [1.807, 2.05) is 18.2 Å². The van der Waals surface area contributed by atoms with Crippen LogP contribution in [0.25, 0.3) is 0 Å². The summed E-state index contributed by atoms with van der Waals surface area (Å²) in [5, 5.41) is 5.64. The van der Waals surface area contributed by atoms with E-state index in [0.29, 0.717) is 23.4 Å². The standard InChI is InChI=1S/C18H20BrN3O2/c1-2-3-6-9-21-17(23)13-10-14(12-20-11-13)18(24)22-16-8-5-4-7-15(16)19/h4-5,7-8,10-12H,2-3,6,9H2,1H3,(H,21,23)(H,22,24). The monoisotopic (exact) mass is 389 g/mol. The van der Waals surface area contributed by atoms with Crippen LogP contribution in [0.4, 0.5) is 5.69 Å². The van der Waals surface area contributed by atoms with Gasteiger partial charge in [-0.2, -0.15) is 0 Å². The highest BCUT2D eigenvalue weighted by Crippen LogP contribution is 2.21. The molecule has 2 rings (SSSR count). The third-order valence-electron chi connectivity index (χ3n) is 3.45. The van der Waals surface area contributed by atoms with Crippen molar-refractivity contribution in [3.63, 3.8) is 0 Å². The maximum atomic E-state index is 12.3. The van der Waals surface area contributed by atoms with Crippen LogP contribution in [0.15, 0.2) is 47.2 Å². The number of rotatable bonds is 7. The maximum absolute atomic E-state index is 12.3. The summed E-state index contributed by atoms with van der Waals surface area (Å²) in [5.74, 6) is -0.524. The number of nitrogens with one attached hydrogen (secondary N) is 2. The summed E-state index contributed by atoms with van der Waals surface area (Å²) in [6.45, 7) is 2.74. The predicted molar refractivity (Wildman–Crippen MR) is 98.2 cm³/mol. The lowest BCUT2D eigenvalue weighted by atomic mass is 10.1. The first-order chi connectivity index (χ1) is 11.6. The highest BCUT2D eigenvalue weighted by atomic mass is 79.9. The number of aromatic nitrogens is 1. The zero-order valence-corrected chi connectivity index (χ0v) is 15.1. The van der Waals surface area contributed by atoms with Crippen molar-refractivity contribution >= 4 is 33.4 Å². The second kappa shape index (κ2) is 9.17. The van der Waals surface area contributed by atoms with Crippen molar-refractivity contribution in [1.82, 2.24) is 10.3 Å². The molecule has 0 aliphatic carbocycles. The molecule has 24 heavy (non-hydrogen) atoms. The first-order valence-corrected chi connectivity index (χ1v) is 8.70. The molecule has 6 heteroatoms. The highest BCUT2D eigenvalue weighted by Gasteiger charge is 2.12. The van der Waals surface area contributed by atoms with Crippen LogP contribution in [0.5, 0.6) is 0 Å². The molecule has 0 bridgehead atoms. The van der Waals surface area contributed by atoms with Gasteiger partial charge in [0.15, 0.2) is 0 Å². The van der Waals surface area contributed by atoms with E-state index < -0.39 is 0 Å². The first-order valence-electron chi connectivity index (χ1n) is 7.91. The zero-order valence-electron chi connectivity index (χ0n) is 13.5. The number of halogens is 1. The molecule has 0 atom stereocenters. The van der Waals surface area contributed by atoms with E-state index in [9.17, 15) is 9.59 Å². The molecule has 0 saturated carbocycles. The lowest BCUT2D eigenvalue weighted by molar-refractivity contribution is 0.0952. The fourth-order valence-corrected chi connectivity index (χ4v) is 2.51. The van der Waals surface area contributed by atoms with Gasteiger partial charge in [-0.15, -0.1) is 0 Å². The quantitative estimate of drug-likeness (QED) is 0.702. The highest BCUT2D eigenvalue weighted by molar-refractivity contribution is 9.10. The van der Waals surface area contributed by atoms with Gasteiger partial charge in [0.25, 0.3) is 11.8 Å². The van der Waals surface area contributed by atoms with Crippen molar-refractivity contribution in [3.8, 4) is 0 Å². The molecule has 0 aliphatic heterocycles. The normalized spacial score (nSPS) is 10.2. The number of carbonyl (C=O) groups excluding carboxylic acids is 2. The summed E-state index contributed by atoms with van der Waals surface area (Å²) in [5.41, 5.74) is 1.38. The van der Waals surface area contributed by atoms with Gasteiger partial charge in [0.1, 0.15) is 0 Å². The number of pyridine rings is 1. The Balaban J connectivity index is 2.02. The van der Waals surface area contributed by atoms with Crippen LogP contribution in [-0.4, -0.2) is 23.3 Å². The number of benzene rings is 1. The molecule has 2 aromatic rings. The second-order valence-electron chi connectivity index (χ2n) is 5.36. The number of hydrogen-bond acceptors (Lipinski definition) is 3. The van der Waals surface area contributed by atoms with Crippen molar-refractivity contribution in [3.05, 3.63) is 58.3 Å². The van der Waals surface area contributed by atoms with Crippen molar-refractivity contribution < 1.29 is 9.59 Å². The van der Waals surface area contributed by atoms with Crippen LogP contribution in [0, 0.1) is 0 Å². The van der Waals surface area contributed by atoms with E-state index in [2.05, 4.69) is 38.5 Å². The molecule has 0 unspecified atom stereocenters. The van der Waals surface area contributed by atoms with Crippen molar-refractivity contribution in [2.75, 3.05) is 11.9 Å². The second-order valence-corrected chi connectivity index (χ2v) is 6.21. The van der Waals surface area contributed by atoms with Crippen LogP contribution in [0.2, 0.25) is 0 Å². The fraction of sp³-hybridized carbons (Fsp3) is 0.278. The molecule has 2 N–H and O–H groups in total. The molecule has 0 spiro atoms. The third-order valence-corrected chi connectivity index (χ3v) is 4.14. The average Bonchev–Trinajstić information content (AvgIpc) is 2.60. The van der Waals surface area contributed by atoms with Gasteiger partial charge in [0.05, 0.1) is 16.8 Å². The van der Waals surface area contributed by atoms with Crippen molar-refractivity contribution in [2.24, 2.45) is 0 Å². The minimum atomic E-state index is -0.310. The first kappa shape index (κ1) is 18.1. The molecule has 0 aliphatic rings. The van der Waals surface area contributed by atoms with Gasteiger partial charge in [-0.25, -0.2) is 0 Å². The summed E-state index contributed by atoms with van der Waals surface area (Å²) in [7, 11) is 0. The number of para-hydroxylation sites is 1. The molecule has 1 aromatic heterocycles. The molecule has 0 radical (unpaired) electrons.